The van der Waals surface area contributed by atoms with E-state index in [0.717, 1.165) is 17.8 Å². The third-order valence-corrected chi connectivity index (χ3v) is 3.17. The number of pyridine rings is 1. The second kappa shape index (κ2) is 6.26. The monoisotopic (exact) mass is 345 g/mol. The van der Waals surface area contributed by atoms with Crippen LogP contribution < -0.4 is 4.74 Å². The molecular formula is C14H11BrF3NO. The normalized spacial score (nSPS) is 11.4. The molecule has 0 aliphatic rings. The van der Waals surface area contributed by atoms with E-state index in [9.17, 15) is 13.2 Å². The Hall–Kier alpha value is -1.56. The summed E-state index contributed by atoms with van der Waals surface area (Å²) in [5.41, 5.74) is 0.646. The molecule has 0 unspecified atom stereocenters. The van der Waals surface area contributed by atoms with Crippen LogP contribution in [0, 0.1) is 0 Å². The first-order valence-corrected chi connectivity index (χ1v) is 6.91. The fraction of sp³-hybridized carbons (Fsp3) is 0.214. The second-order valence-corrected chi connectivity index (χ2v) is 4.67. The molecule has 1 aromatic heterocycles. The van der Waals surface area contributed by atoms with Crippen molar-refractivity contribution in [3.63, 3.8) is 0 Å². The molecule has 6 heteroatoms. The molecule has 0 saturated carbocycles. The van der Waals surface area contributed by atoms with Gasteiger partial charge in [-0.2, -0.15) is 13.2 Å². The van der Waals surface area contributed by atoms with Crippen molar-refractivity contribution in [2.24, 2.45) is 0 Å². The number of aromatic nitrogens is 1. The summed E-state index contributed by atoms with van der Waals surface area (Å²) in [7, 11) is 0. The molecule has 0 aliphatic carbocycles. The van der Waals surface area contributed by atoms with Gasteiger partial charge in [0.25, 0.3) is 0 Å². The van der Waals surface area contributed by atoms with E-state index in [1.54, 1.807) is 24.4 Å². The summed E-state index contributed by atoms with van der Waals surface area (Å²) in [5, 5.41) is 0.640. The van der Waals surface area contributed by atoms with Crippen molar-refractivity contribution in [1.82, 2.24) is 4.98 Å². The van der Waals surface area contributed by atoms with Crippen molar-refractivity contribution in [2.45, 2.75) is 18.1 Å². The Balaban J connectivity index is 2.03. The lowest BCUT2D eigenvalue weighted by Gasteiger charge is -2.10. The molecule has 1 aromatic carbocycles. The number of benzene rings is 1. The Morgan fingerprint density at radius 2 is 1.95 bits per heavy atom. The maximum atomic E-state index is 12.6. The SMILES string of the molecule is FC(F)(F)c1cccc(COc2ccc(CBr)nc2)c1. The average molecular weight is 346 g/mol. The zero-order chi connectivity index (χ0) is 14.6. The van der Waals surface area contributed by atoms with Gasteiger partial charge in [-0.1, -0.05) is 28.1 Å². The molecule has 106 valence electrons. The molecule has 0 aliphatic heterocycles. The van der Waals surface area contributed by atoms with Crippen molar-refractivity contribution in [3.05, 3.63) is 59.4 Å². The van der Waals surface area contributed by atoms with Crippen molar-refractivity contribution in [1.29, 1.82) is 0 Å². The highest BCUT2D eigenvalue weighted by Crippen LogP contribution is 2.29. The van der Waals surface area contributed by atoms with Crippen molar-refractivity contribution in [2.75, 3.05) is 0 Å². The smallest absolute Gasteiger partial charge is 0.416 e. The predicted octanol–water partition coefficient (Wildman–Crippen LogP) is 4.57. The third-order valence-electron chi connectivity index (χ3n) is 2.59. The summed E-state index contributed by atoms with van der Waals surface area (Å²) >= 11 is 3.27. The largest absolute Gasteiger partial charge is 0.487 e. The minimum Gasteiger partial charge on any atom is -0.487 e. The van der Waals surface area contributed by atoms with E-state index in [-0.39, 0.29) is 6.61 Å². The first kappa shape index (κ1) is 14.8. The van der Waals surface area contributed by atoms with Crippen molar-refractivity contribution >= 4 is 15.9 Å². The highest BCUT2D eigenvalue weighted by atomic mass is 79.9. The van der Waals surface area contributed by atoms with Gasteiger partial charge in [0, 0.05) is 5.33 Å². The lowest BCUT2D eigenvalue weighted by atomic mass is 10.1. The van der Waals surface area contributed by atoms with Gasteiger partial charge >= 0.3 is 6.18 Å². The summed E-state index contributed by atoms with van der Waals surface area (Å²) in [6.07, 6.45) is -2.79. The molecule has 0 fully saturated rings. The van der Waals surface area contributed by atoms with Crippen LogP contribution in [0.4, 0.5) is 13.2 Å². The van der Waals surface area contributed by atoms with Crippen LogP contribution in [0.2, 0.25) is 0 Å². The first-order chi connectivity index (χ1) is 9.49. The Kier molecular flexibility index (Phi) is 4.65. The number of hydrogen-bond donors (Lipinski definition) is 0. The Bertz CT molecular complexity index is 569. The standard InChI is InChI=1S/C14H11BrF3NO/c15-7-12-4-5-13(8-19-12)20-9-10-2-1-3-11(6-10)14(16,17)18/h1-6,8H,7,9H2. The van der Waals surface area contributed by atoms with Gasteiger partial charge in [-0.3, -0.25) is 4.98 Å². The zero-order valence-corrected chi connectivity index (χ0v) is 11.9. The fourth-order valence-electron chi connectivity index (χ4n) is 1.58. The van der Waals surface area contributed by atoms with Gasteiger partial charge in [-0.05, 0) is 29.8 Å². The topological polar surface area (TPSA) is 22.1 Å². The Morgan fingerprint density at radius 3 is 2.55 bits per heavy atom. The van der Waals surface area contributed by atoms with E-state index in [0.29, 0.717) is 16.6 Å². The summed E-state index contributed by atoms with van der Waals surface area (Å²) in [6, 6.07) is 8.60. The van der Waals surface area contributed by atoms with Crippen molar-refractivity contribution in [3.8, 4) is 5.75 Å². The molecule has 2 nitrogen and oxygen atoms in total. The van der Waals surface area contributed by atoms with Crippen LogP contribution in [-0.2, 0) is 18.1 Å². The number of halogens is 4. The minimum absolute atomic E-state index is 0.0687. The van der Waals surface area contributed by atoms with Crippen LogP contribution in [0.25, 0.3) is 0 Å². The summed E-state index contributed by atoms with van der Waals surface area (Å²) in [6.45, 7) is 0.0687. The van der Waals surface area contributed by atoms with E-state index in [4.69, 9.17) is 4.74 Å². The zero-order valence-electron chi connectivity index (χ0n) is 10.3. The summed E-state index contributed by atoms with van der Waals surface area (Å²) in [4.78, 5) is 4.11. The average Bonchev–Trinajstić information content (AvgIpc) is 2.45. The van der Waals surface area contributed by atoms with E-state index < -0.39 is 11.7 Å². The molecule has 0 radical (unpaired) electrons. The van der Waals surface area contributed by atoms with Crippen LogP contribution in [0.1, 0.15) is 16.8 Å². The number of rotatable bonds is 4. The summed E-state index contributed by atoms with van der Waals surface area (Å²) in [5.74, 6) is 0.520. The number of alkyl halides is 4. The molecule has 20 heavy (non-hydrogen) atoms. The van der Waals surface area contributed by atoms with E-state index >= 15 is 0 Å². The third kappa shape index (κ3) is 3.96. The van der Waals surface area contributed by atoms with Gasteiger partial charge in [0.1, 0.15) is 12.4 Å². The summed E-state index contributed by atoms with van der Waals surface area (Å²) < 4.78 is 43.1. The maximum Gasteiger partial charge on any atom is 0.416 e. The molecule has 2 aromatic rings. The molecule has 0 atom stereocenters. The molecule has 0 spiro atoms. The molecular weight excluding hydrogens is 335 g/mol. The molecule has 0 saturated heterocycles. The van der Waals surface area contributed by atoms with Gasteiger partial charge in [-0.15, -0.1) is 0 Å². The fourth-order valence-corrected chi connectivity index (χ4v) is 1.91. The quantitative estimate of drug-likeness (QED) is 0.757. The second-order valence-electron chi connectivity index (χ2n) is 4.11. The van der Waals surface area contributed by atoms with Crippen LogP contribution in [0.5, 0.6) is 5.75 Å². The molecule has 0 N–H and O–H groups in total. The van der Waals surface area contributed by atoms with Gasteiger partial charge in [0.15, 0.2) is 0 Å². The number of hydrogen-bond acceptors (Lipinski definition) is 2. The lowest BCUT2D eigenvalue weighted by Crippen LogP contribution is -2.06. The van der Waals surface area contributed by atoms with Crippen molar-refractivity contribution < 1.29 is 17.9 Å². The van der Waals surface area contributed by atoms with Crippen LogP contribution in [0.3, 0.4) is 0 Å². The minimum atomic E-state index is -4.34. The number of ether oxygens (including phenoxy) is 1. The van der Waals surface area contributed by atoms with E-state index in [1.165, 1.54) is 6.07 Å². The first-order valence-electron chi connectivity index (χ1n) is 5.79. The Labute approximate surface area is 122 Å². The van der Waals surface area contributed by atoms with Crippen LogP contribution in [-0.4, -0.2) is 4.98 Å². The van der Waals surface area contributed by atoms with Crippen LogP contribution >= 0.6 is 15.9 Å². The highest BCUT2D eigenvalue weighted by molar-refractivity contribution is 9.08. The maximum absolute atomic E-state index is 12.6. The molecule has 1 heterocycles. The van der Waals surface area contributed by atoms with Gasteiger partial charge < -0.3 is 4.74 Å². The predicted molar refractivity (Wildman–Crippen MR) is 72.6 cm³/mol. The molecule has 2 rings (SSSR count). The van der Waals surface area contributed by atoms with E-state index in [1.807, 2.05) is 0 Å². The Morgan fingerprint density at radius 1 is 1.15 bits per heavy atom. The lowest BCUT2D eigenvalue weighted by molar-refractivity contribution is -0.137. The molecule has 0 amide bonds. The van der Waals surface area contributed by atoms with E-state index in [2.05, 4.69) is 20.9 Å². The molecule has 0 bridgehead atoms. The highest BCUT2D eigenvalue weighted by Gasteiger charge is 2.30. The van der Waals surface area contributed by atoms with Gasteiger partial charge in [0.05, 0.1) is 17.5 Å². The van der Waals surface area contributed by atoms with Crippen LogP contribution in [0.15, 0.2) is 42.6 Å². The van der Waals surface area contributed by atoms with Gasteiger partial charge in [0.2, 0.25) is 0 Å². The van der Waals surface area contributed by atoms with Gasteiger partial charge in [-0.25, -0.2) is 0 Å². The number of nitrogens with zero attached hydrogens (tertiary/aromatic N) is 1.